The summed E-state index contributed by atoms with van der Waals surface area (Å²) in [5.41, 5.74) is 2.85. The largest absolute Gasteiger partial charge is 0.495 e. The number of hydrogen-bond acceptors (Lipinski definition) is 3. The zero-order valence-electron chi connectivity index (χ0n) is 15.2. The number of hydrogen-bond donors (Lipinski definition) is 1. The quantitative estimate of drug-likeness (QED) is 0.803. The van der Waals surface area contributed by atoms with Crippen LogP contribution >= 0.6 is 11.6 Å². The molecule has 1 N–H and O–H groups in total. The van der Waals surface area contributed by atoms with Gasteiger partial charge in [0.1, 0.15) is 5.75 Å². The van der Waals surface area contributed by atoms with E-state index in [2.05, 4.69) is 5.32 Å². The SMILES string of the molecule is COc1ccc(N(CCC(=O)NCc2ccc(C)cc2)C(C)=O)cc1Cl. The molecule has 0 unspecified atom stereocenters. The lowest BCUT2D eigenvalue weighted by molar-refractivity contribution is -0.121. The van der Waals surface area contributed by atoms with Gasteiger partial charge in [-0.3, -0.25) is 9.59 Å². The molecule has 0 bridgehead atoms. The van der Waals surface area contributed by atoms with Gasteiger partial charge in [-0.1, -0.05) is 41.4 Å². The number of halogens is 1. The fourth-order valence-corrected chi connectivity index (χ4v) is 2.75. The number of rotatable bonds is 7. The first-order valence-electron chi connectivity index (χ1n) is 8.34. The van der Waals surface area contributed by atoms with Crippen molar-refractivity contribution in [3.63, 3.8) is 0 Å². The van der Waals surface area contributed by atoms with Gasteiger partial charge in [0.25, 0.3) is 0 Å². The van der Waals surface area contributed by atoms with Gasteiger partial charge in [-0.2, -0.15) is 0 Å². The number of benzene rings is 2. The fraction of sp³-hybridized carbons (Fsp3) is 0.300. The van der Waals surface area contributed by atoms with Crippen LogP contribution in [0.15, 0.2) is 42.5 Å². The molecule has 0 aliphatic heterocycles. The van der Waals surface area contributed by atoms with Gasteiger partial charge in [-0.25, -0.2) is 0 Å². The Hall–Kier alpha value is -2.53. The molecule has 2 aromatic carbocycles. The zero-order chi connectivity index (χ0) is 19.1. The van der Waals surface area contributed by atoms with E-state index in [1.807, 2.05) is 31.2 Å². The molecule has 0 radical (unpaired) electrons. The summed E-state index contributed by atoms with van der Waals surface area (Å²) in [4.78, 5) is 25.6. The number of methoxy groups -OCH3 is 1. The summed E-state index contributed by atoms with van der Waals surface area (Å²) in [5, 5.41) is 3.29. The third-order valence-corrected chi connectivity index (χ3v) is 4.30. The molecule has 0 spiro atoms. The van der Waals surface area contributed by atoms with Crippen molar-refractivity contribution in [3.8, 4) is 5.75 Å². The van der Waals surface area contributed by atoms with Crippen LogP contribution in [0, 0.1) is 6.92 Å². The van der Waals surface area contributed by atoms with Gasteiger partial charge in [0.15, 0.2) is 0 Å². The number of amides is 2. The second kappa shape index (κ2) is 9.25. The molecule has 138 valence electrons. The summed E-state index contributed by atoms with van der Waals surface area (Å²) in [5.74, 6) is 0.267. The first-order valence-corrected chi connectivity index (χ1v) is 8.72. The molecule has 6 heteroatoms. The van der Waals surface area contributed by atoms with Crippen LogP contribution in [0.5, 0.6) is 5.75 Å². The van der Waals surface area contributed by atoms with E-state index >= 15 is 0 Å². The second-order valence-corrected chi connectivity index (χ2v) is 6.41. The van der Waals surface area contributed by atoms with E-state index in [9.17, 15) is 9.59 Å². The number of anilines is 1. The molecular formula is C20H23ClN2O3. The highest BCUT2D eigenvalue weighted by atomic mass is 35.5. The van der Waals surface area contributed by atoms with Crippen LogP contribution in [0.4, 0.5) is 5.69 Å². The van der Waals surface area contributed by atoms with Crippen molar-refractivity contribution in [1.29, 1.82) is 0 Å². The summed E-state index contributed by atoms with van der Waals surface area (Å²) in [7, 11) is 1.53. The average Bonchev–Trinajstić information content (AvgIpc) is 2.61. The van der Waals surface area contributed by atoms with Crippen LogP contribution in [-0.4, -0.2) is 25.5 Å². The lowest BCUT2D eigenvalue weighted by atomic mass is 10.1. The Balaban J connectivity index is 1.93. The van der Waals surface area contributed by atoms with Crippen LogP contribution in [-0.2, 0) is 16.1 Å². The van der Waals surface area contributed by atoms with Crippen LogP contribution < -0.4 is 15.0 Å². The molecule has 2 aromatic rings. The Morgan fingerprint density at radius 1 is 1.15 bits per heavy atom. The van der Waals surface area contributed by atoms with Gasteiger partial charge < -0.3 is 15.0 Å². The van der Waals surface area contributed by atoms with Gasteiger partial charge in [0, 0.05) is 32.1 Å². The smallest absolute Gasteiger partial charge is 0.223 e. The van der Waals surface area contributed by atoms with Gasteiger partial charge in [0.05, 0.1) is 12.1 Å². The minimum atomic E-state index is -0.155. The van der Waals surface area contributed by atoms with Crippen molar-refractivity contribution in [1.82, 2.24) is 5.32 Å². The lowest BCUT2D eigenvalue weighted by Gasteiger charge is -2.21. The maximum atomic E-state index is 12.1. The molecule has 0 atom stereocenters. The molecule has 26 heavy (non-hydrogen) atoms. The number of ether oxygens (including phenoxy) is 1. The van der Waals surface area contributed by atoms with Crippen molar-refractivity contribution in [2.75, 3.05) is 18.6 Å². The molecule has 0 saturated carbocycles. The molecule has 5 nitrogen and oxygen atoms in total. The average molecular weight is 375 g/mol. The van der Waals surface area contributed by atoms with Crippen molar-refractivity contribution >= 4 is 29.1 Å². The van der Waals surface area contributed by atoms with Gasteiger partial charge in [-0.05, 0) is 30.7 Å². The number of nitrogens with zero attached hydrogens (tertiary/aromatic N) is 1. The fourth-order valence-electron chi connectivity index (χ4n) is 2.50. The second-order valence-electron chi connectivity index (χ2n) is 6.00. The van der Waals surface area contributed by atoms with Gasteiger partial charge >= 0.3 is 0 Å². The summed E-state index contributed by atoms with van der Waals surface area (Å²) in [6.07, 6.45) is 0.203. The molecule has 0 aliphatic rings. The van der Waals surface area contributed by atoms with Crippen molar-refractivity contribution < 1.29 is 14.3 Å². The molecule has 0 aromatic heterocycles. The van der Waals surface area contributed by atoms with Crippen molar-refractivity contribution in [2.24, 2.45) is 0 Å². The van der Waals surface area contributed by atoms with Crippen LogP contribution in [0.3, 0.4) is 0 Å². The van der Waals surface area contributed by atoms with Crippen LogP contribution in [0.2, 0.25) is 5.02 Å². The minimum Gasteiger partial charge on any atom is -0.495 e. The lowest BCUT2D eigenvalue weighted by Crippen LogP contribution is -2.33. The molecule has 0 heterocycles. The van der Waals surface area contributed by atoms with Gasteiger partial charge in [0.2, 0.25) is 11.8 Å². The van der Waals surface area contributed by atoms with E-state index < -0.39 is 0 Å². The van der Waals surface area contributed by atoms with E-state index in [-0.39, 0.29) is 24.8 Å². The monoisotopic (exact) mass is 374 g/mol. The summed E-state index contributed by atoms with van der Waals surface area (Å²) in [6, 6.07) is 13.1. The van der Waals surface area contributed by atoms with Gasteiger partial charge in [-0.15, -0.1) is 0 Å². The summed E-state index contributed by atoms with van der Waals surface area (Å²) < 4.78 is 5.12. The first kappa shape index (κ1) is 19.8. The molecular weight excluding hydrogens is 352 g/mol. The molecule has 0 fully saturated rings. The van der Waals surface area contributed by atoms with Crippen molar-refractivity contribution in [3.05, 3.63) is 58.6 Å². The maximum absolute atomic E-state index is 12.1. The first-order chi connectivity index (χ1) is 12.4. The maximum Gasteiger partial charge on any atom is 0.223 e. The Kier molecular flexibility index (Phi) is 7.04. The van der Waals surface area contributed by atoms with Crippen molar-refractivity contribution in [2.45, 2.75) is 26.8 Å². The predicted octanol–water partition coefficient (Wildman–Crippen LogP) is 3.72. The summed E-state index contributed by atoms with van der Waals surface area (Å²) >= 11 is 6.13. The number of aryl methyl sites for hydroxylation is 1. The van der Waals surface area contributed by atoms with Crippen LogP contribution in [0.1, 0.15) is 24.5 Å². The third kappa shape index (κ3) is 5.49. The van der Waals surface area contributed by atoms with E-state index in [1.165, 1.54) is 24.5 Å². The third-order valence-electron chi connectivity index (χ3n) is 4.00. The minimum absolute atomic E-state index is 0.114. The van der Waals surface area contributed by atoms with Crippen LogP contribution in [0.25, 0.3) is 0 Å². The highest BCUT2D eigenvalue weighted by Crippen LogP contribution is 2.29. The number of nitrogens with one attached hydrogen (secondary N) is 1. The van der Waals surface area contributed by atoms with E-state index in [0.29, 0.717) is 23.0 Å². The van der Waals surface area contributed by atoms with E-state index in [4.69, 9.17) is 16.3 Å². The molecule has 0 aliphatic carbocycles. The molecule has 2 amide bonds. The zero-order valence-corrected chi connectivity index (χ0v) is 16.0. The number of carbonyl (C=O) groups is 2. The predicted molar refractivity (Wildman–Crippen MR) is 104 cm³/mol. The topological polar surface area (TPSA) is 58.6 Å². The number of carbonyl (C=O) groups excluding carboxylic acids is 2. The standard InChI is InChI=1S/C20H23ClN2O3/c1-14-4-6-16(7-5-14)13-22-20(25)10-11-23(15(2)24)17-8-9-19(26-3)18(21)12-17/h4-9,12H,10-11,13H2,1-3H3,(H,22,25). The Morgan fingerprint density at radius 3 is 2.42 bits per heavy atom. The Labute approximate surface area is 158 Å². The molecule has 2 rings (SSSR count). The Bertz CT molecular complexity index is 775. The van der Waals surface area contributed by atoms with E-state index in [1.54, 1.807) is 18.2 Å². The summed E-state index contributed by atoms with van der Waals surface area (Å²) in [6.45, 7) is 4.22. The molecule has 0 saturated heterocycles. The Morgan fingerprint density at radius 2 is 1.85 bits per heavy atom. The highest BCUT2D eigenvalue weighted by molar-refractivity contribution is 6.32. The normalized spacial score (nSPS) is 10.3. The van der Waals surface area contributed by atoms with E-state index in [0.717, 1.165) is 5.56 Å². The highest BCUT2D eigenvalue weighted by Gasteiger charge is 2.15.